The van der Waals surface area contributed by atoms with Gasteiger partial charge >= 0.3 is 6.18 Å². The van der Waals surface area contributed by atoms with Crippen LogP contribution in [0.15, 0.2) is 18.2 Å². The molecule has 1 aliphatic heterocycles. The quantitative estimate of drug-likeness (QED) is 0.632. The Morgan fingerprint density at radius 2 is 1.69 bits per heavy atom. The zero-order valence-electron chi connectivity index (χ0n) is 14.2. The molecule has 0 aromatic heterocycles. The topological polar surface area (TPSA) is 77.9 Å². The fraction of sp³-hybridized carbons (Fsp3) is 0.438. The van der Waals surface area contributed by atoms with Crippen molar-refractivity contribution in [3.8, 4) is 0 Å². The van der Waals surface area contributed by atoms with Crippen molar-refractivity contribution in [2.45, 2.75) is 38.7 Å². The number of carboxylic acid groups (broad SMARTS) is 1. The Bertz CT molecular complexity index is 693. The highest BCUT2D eigenvalue weighted by Crippen LogP contribution is 2.33. The highest BCUT2D eigenvalue weighted by Gasteiger charge is 2.41. The zero-order chi connectivity index (χ0) is 20.2. The molecule has 0 saturated carbocycles. The first-order valence-electron chi connectivity index (χ1n) is 7.46. The third-order valence-electron chi connectivity index (χ3n) is 4.12. The number of nitrogens with zero attached hydrogens (tertiary/aromatic N) is 2. The number of likely N-dealkylation sites (N-methyl/N-ethyl adjacent to an activating group) is 1. The van der Waals surface area contributed by atoms with Crippen molar-refractivity contribution >= 4 is 18.3 Å². The van der Waals surface area contributed by atoms with Gasteiger partial charge in [0, 0.05) is 19.2 Å². The lowest BCUT2D eigenvalue weighted by molar-refractivity contribution is -0.159. The molecule has 10 heteroatoms. The van der Waals surface area contributed by atoms with Crippen LogP contribution in [-0.4, -0.2) is 52.3 Å². The molecule has 0 radical (unpaired) electrons. The van der Waals surface area contributed by atoms with Crippen LogP contribution < -0.4 is 0 Å². The van der Waals surface area contributed by atoms with E-state index in [1.54, 1.807) is 0 Å². The first-order chi connectivity index (χ1) is 12.0. The van der Waals surface area contributed by atoms with Gasteiger partial charge in [-0.3, -0.25) is 14.4 Å². The van der Waals surface area contributed by atoms with Gasteiger partial charge in [-0.2, -0.15) is 13.2 Å². The van der Waals surface area contributed by atoms with E-state index in [1.165, 1.54) is 31.9 Å². The van der Waals surface area contributed by atoms with Crippen LogP contribution in [0.5, 0.6) is 0 Å². The first kappa shape index (κ1) is 21.4. The van der Waals surface area contributed by atoms with E-state index in [0.717, 1.165) is 11.0 Å². The zero-order valence-corrected chi connectivity index (χ0v) is 14.2. The Balaban J connectivity index is 0.00000105. The lowest BCUT2D eigenvalue weighted by atomic mass is 10.0. The maximum Gasteiger partial charge on any atom is 0.419 e. The van der Waals surface area contributed by atoms with Gasteiger partial charge in [0.15, 0.2) is 0 Å². The molecule has 2 rings (SSSR count). The Morgan fingerprint density at radius 1 is 1.15 bits per heavy atom. The molecule has 0 spiro atoms. The molecule has 0 aliphatic carbocycles. The van der Waals surface area contributed by atoms with Gasteiger partial charge in [-0.05, 0) is 19.9 Å². The van der Waals surface area contributed by atoms with Crippen LogP contribution in [0.3, 0.4) is 0 Å². The summed E-state index contributed by atoms with van der Waals surface area (Å²) in [5, 5.41) is 6.89. The predicted molar refractivity (Wildman–Crippen MR) is 82.3 cm³/mol. The number of hydrogen-bond acceptors (Lipinski definition) is 3. The molecule has 1 aromatic rings. The fourth-order valence-corrected chi connectivity index (χ4v) is 2.53. The third-order valence-corrected chi connectivity index (χ3v) is 4.12. The highest BCUT2D eigenvalue weighted by atomic mass is 19.4. The molecule has 1 fully saturated rings. The van der Waals surface area contributed by atoms with Crippen molar-refractivity contribution in [2.75, 3.05) is 7.05 Å². The number of halogens is 4. The van der Waals surface area contributed by atoms with Crippen LogP contribution in [0.1, 0.15) is 25.0 Å². The van der Waals surface area contributed by atoms with Crippen LogP contribution in [-0.2, 0) is 27.1 Å². The van der Waals surface area contributed by atoms with E-state index in [-0.39, 0.29) is 24.5 Å². The molecule has 1 N–H and O–H groups in total. The minimum atomic E-state index is -4.82. The summed E-state index contributed by atoms with van der Waals surface area (Å²) in [7, 11) is 1.48. The normalized spacial score (nSPS) is 20.6. The molecule has 26 heavy (non-hydrogen) atoms. The lowest BCUT2D eigenvalue weighted by Gasteiger charge is -2.41. The van der Waals surface area contributed by atoms with Crippen LogP contribution >= 0.6 is 0 Å². The second kappa shape index (κ2) is 8.15. The fourth-order valence-electron chi connectivity index (χ4n) is 2.53. The Morgan fingerprint density at radius 3 is 2.19 bits per heavy atom. The molecule has 0 unspecified atom stereocenters. The summed E-state index contributed by atoms with van der Waals surface area (Å²) in [5.41, 5.74) is -1.66. The number of rotatable bonds is 2. The first-order valence-corrected chi connectivity index (χ1v) is 7.46. The number of alkyl halides is 3. The Labute approximate surface area is 147 Å². The maximum atomic E-state index is 14.1. The lowest BCUT2D eigenvalue weighted by Crippen LogP contribution is -2.61. The van der Waals surface area contributed by atoms with Crippen LogP contribution in [0.2, 0.25) is 0 Å². The molecule has 6 nitrogen and oxygen atoms in total. The summed E-state index contributed by atoms with van der Waals surface area (Å²) in [4.78, 5) is 35.1. The van der Waals surface area contributed by atoms with Gasteiger partial charge in [0.2, 0.25) is 11.8 Å². The molecule has 144 valence electrons. The molecule has 2 amide bonds. The Kier molecular flexibility index (Phi) is 6.71. The summed E-state index contributed by atoms with van der Waals surface area (Å²) in [6.07, 6.45) is -4.82. The second-order valence-corrected chi connectivity index (χ2v) is 5.65. The molecule has 1 saturated heterocycles. The van der Waals surface area contributed by atoms with E-state index in [4.69, 9.17) is 9.90 Å². The summed E-state index contributed by atoms with van der Waals surface area (Å²) in [5.74, 6) is -2.19. The van der Waals surface area contributed by atoms with Gasteiger partial charge in [0.1, 0.15) is 17.9 Å². The summed E-state index contributed by atoms with van der Waals surface area (Å²) in [6, 6.07) is 1.29. The van der Waals surface area contributed by atoms with Crippen molar-refractivity contribution in [1.29, 1.82) is 0 Å². The van der Waals surface area contributed by atoms with Crippen molar-refractivity contribution in [3.63, 3.8) is 0 Å². The molecule has 1 heterocycles. The monoisotopic (exact) mass is 378 g/mol. The molecular formula is C16H18F4N2O4. The molecular weight excluding hydrogens is 360 g/mol. The molecule has 0 bridgehead atoms. The SMILES string of the molecule is C[C@H]1C(=O)N(Cc2cccc(C(F)(F)F)c2F)[C@@H](C)C(=O)N1C.O=CO. The van der Waals surface area contributed by atoms with Crippen LogP contribution in [0, 0.1) is 5.82 Å². The minimum absolute atomic E-state index is 0.250. The molecule has 1 aromatic carbocycles. The van der Waals surface area contributed by atoms with Gasteiger partial charge in [0.25, 0.3) is 6.47 Å². The van der Waals surface area contributed by atoms with Gasteiger partial charge in [0.05, 0.1) is 5.56 Å². The van der Waals surface area contributed by atoms with E-state index < -0.39 is 35.5 Å². The number of carbonyl (C=O) groups excluding carboxylic acids is 2. The van der Waals surface area contributed by atoms with Crippen LogP contribution in [0.4, 0.5) is 17.6 Å². The van der Waals surface area contributed by atoms with Gasteiger partial charge < -0.3 is 14.9 Å². The van der Waals surface area contributed by atoms with Gasteiger partial charge in [-0.1, -0.05) is 12.1 Å². The maximum absolute atomic E-state index is 14.1. The van der Waals surface area contributed by atoms with E-state index in [9.17, 15) is 27.2 Å². The van der Waals surface area contributed by atoms with Crippen molar-refractivity contribution in [3.05, 3.63) is 35.1 Å². The number of hydrogen-bond donors (Lipinski definition) is 1. The van der Waals surface area contributed by atoms with E-state index in [1.807, 2.05) is 0 Å². The Hall–Kier alpha value is -2.65. The van der Waals surface area contributed by atoms with Gasteiger partial charge in [-0.15, -0.1) is 0 Å². The summed E-state index contributed by atoms with van der Waals surface area (Å²) in [6.45, 7) is 2.34. The van der Waals surface area contributed by atoms with Crippen molar-refractivity contribution < 1.29 is 37.1 Å². The number of benzene rings is 1. The van der Waals surface area contributed by atoms with E-state index in [0.29, 0.717) is 6.07 Å². The average molecular weight is 378 g/mol. The van der Waals surface area contributed by atoms with E-state index in [2.05, 4.69) is 0 Å². The standard InChI is InChI=1S/C15H16F4N2O2.CH2O2/c1-8-14(23)21(9(2)13(22)20(8)3)7-10-5-4-6-11(12(10)16)15(17,18)19;2-1-3/h4-6,8-9H,7H2,1-3H3;1H,(H,2,3)/t8-,9-;/m0./s1. The van der Waals surface area contributed by atoms with E-state index >= 15 is 0 Å². The summed E-state index contributed by atoms with van der Waals surface area (Å²) >= 11 is 0. The third kappa shape index (κ3) is 4.30. The minimum Gasteiger partial charge on any atom is -0.483 e. The average Bonchev–Trinajstić information content (AvgIpc) is 2.56. The van der Waals surface area contributed by atoms with Crippen molar-refractivity contribution in [1.82, 2.24) is 9.80 Å². The molecule has 1 aliphatic rings. The number of amides is 2. The second-order valence-electron chi connectivity index (χ2n) is 5.65. The molecule has 2 atom stereocenters. The van der Waals surface area contributed by atoms with Gasteiger partial charge in [-0.25, -0.2) is 4.39 Å². The highest BCUT2D eigenvalue weighted by molar-refractivity contribution is 5.96. The summed E-state index contributed by atoms with van der Waals surface area (Å²) < 4.78 is 52.4. The predicted octanol–water partition coefficient (Wildman–Crippen LogP) is 2.12. The number of carbonyl (C=O) groups is 3. The largest absolute Gasteiger partial charge is 0.483 e. The smallest absolute Gasteiger partial charge is 0.419 e. The van der Waals surface area contributed by atoms with Crippen LogP contribution in [0.25, 0.3) is 0 Å². The number of piperazine rings is 1. The van der Waals surface area contributed by atoms with Crippen molar-refractivity contribution in [2.24, 2.45) is 0 Å².